The molecule has 0 spiro atoms. The Morgan fingerprint density at radius 2 is 2.05 bits per heavy atom. The molecule has 0 unspecified atom stereocenters. The molecule has 1 amide bonds. The summed E-state index contributed by atoms with van der Waals surface area (Å²) >= 11 is 0. The average Bonchev–Trinajstić information content (AvgIpc) is 3.03. The zero-order valence-electron chi connectivity index (χ0n) is 12.2. The number of amides is 1. The van der Waals surface area contributed by atoms with Crippen LogP contribution in [0.15, 0.2) is 27.2 Å². The maximum absolute atomic E-state index is 12.3. The van der Waals surface area contributed by atoms with E-state index in [1.807, 2.05) is 6.92 Å². The van der Waals surface area contributed by atoms with Crippen LogP contribution in [0.3, 0.4) is 0 Å². The Morgan fingerprint density at radius 3 is 2.62 bits per heavy atom. The molecule has 2 heterocycles. The van der Waals surface area contributed by atoms with Crippen LogP contribution in [0.25, 0.3) is 0 Å². The highest BCUT2D eigenvalue weighted by atomic mass is 16.4. The van der Waals surface area contributed by atoms with Crippen molar-refractivity contribution >= 4 is 11.9 Å². The van der Waals surface area contributed by atoms with Gasteiger partial charge in [0.05, 0.1) is 18.4 Å². The number of aryl methyl sites for hydroxylation is 2. The summed E-state index contributed by atoms with van der Waals surface area (Å²) in [6.45, 7) is 3.69. The van der Waals surface area contributed by atoms with Gasteiger partial charge in [0.2, 0.25) is 0 Å². The molecule has 0 atom stereocenters. The summed E-state index contributed by atoms with van der Waals surface area (Å²) in [5.74, 6) is 0.165. The minimum absolute atomic E-state index is 0.114. The van der Waals surface area contributed by atoms with E-state index in [9.17, 15) is 9.59 Å². The van der Waals surface area contributed by atoms with E-state index in [1.165, 1.54) is 17.2 Å². The Morgan fingerprint density at radius 1 is 1.33 bits per heavy atom. The van der Waals surface area contributed by atoms with Gasteiger partial charge in [-0.25, -0.2) is 4.79 Å². The van der Waals surface area contributed by atoms with Gasteiger partial charge in [-0.05, 0) is 19.1 Å². The Kier molecular flexibility index (Phi) is 4.16. The summed E-state index contributed by atoms with van der Waals surface area (Å²) in [7, 11) is 1.63. The lowest BCUT2D eigenvalue weighted by Crippen LogP contribution is -2.26. The smallest absolute Gasteiger partial charge is 0.339 e. The SMILES string of the molecule is CCc1occc1C(=O)N(C)Cc1cc(C(=O)O)c(C)o1. The van der Waals surface area contributed by atoms with Gasteiger partial charge in [0.25, 0.3) is 5.91 Å². The van der Waals surface area contributed by atoms with E-state index in [4.69, 9.17) is 13.9 Å². The van der Waals surface area contributed by atoms with Gasteiger partial charge in [-0.3, -0.25) is 4.79 Å². The Balaban J connectivity index is 2.14. The first-order valence-corrected chi connectivity index (χ1v) is 6.58. The van der Waals surface area contributed by atoms with Crippen LogP contribution >= 0.6 is 0 Å². The number of furan rings is 2. The van der Waals surface area contributed by atoms with Crippen molar-refractivity contribution in [1.29, 1.82) is 0 Å². The number of carbonyl (C=O) groups excluding carboxylic acids is 1. The highest BCUT2D eigenvalue weighted by molar-refractivity contribution is 5.95. The van der Waals surface area contributed by atoms with Crippen LogP contribution in [-0.2, 0) is 13.0 Å². The number of hydrogen-bond acceptors (Lipinski definition) is 4. The fourth-order valence-corrected chi connectivity index (χ4v) is 2.15. The van der Waals surface area contributed by atoms with Gasteiger partial charge >= 0.3 is 5.97 Å². The maximum atomic E-state index is 12.3. The highest BCUT2D eigenvalue weighted by Crippen LogP contribution is 2.18. The molecule has 6 nitrogen and oxygen atoms in total. The minimum atomic E-state index is -1.04. The molecule has 6 heteroatoms. The number of carboxylic acids is 1. The fraction of sp³-hybridized carbons (Fsp3) is 0.333. The molecule has 0 aromatic carbocycles. The Bertz CT molecular complexity index is 667. The first-order valence-electron chi connectivity index (χ1n) is 6.58. The molecule has 0 aliphatic rings. The monoisotopic (exact) mass is 291 g/mol. The van der Waals surface area contributed by atoms with Gasteiger partial charge in [0.15, 0.2) is 0 Å². The van der Waals surface area contributed by atoms with Crippen LogP contribution in [-0.4, -0.2) is 28.9 Å². The van der Waals surface area contributed by atoms with Gasteiger partial charge in [-0.1, -0.05) is 6.92 Å². The number of rotatable bonds is 5. The second kappa shape index (κ2) is 5.87. The summed E-state index contributed by atoms with van der Waals surface area (Å²) in [4.78, 5) is 24.8. The zero-order chi connectivity index (χ0) is 15.6. The normalized spacial score (nSPS) is 10.6. The van der Waals surface area contributed by atoms with E-state index in [0.29, 0.717) is 29.3 Å². The van der Waals surface area contributed by atoms with Crippen molar-refractivity contribution in [2.75, 3.05) is 7.05 Å². The molecule has 0 aliphatic carbocycles. The molecule has 2 rings (SSSR count). The predicted octanol–water partition coefficient (Wildman–Crippen LogP) is 2.71. The van der Waals surface area contributed by atoms with Crippen molar-refractivity contribution in [1.82, 2.24) is 4.90 Å². The highest BCUT2D eigenvalue weighted by Gasteiger charge is 2.20. The van der Waals surface area contributed by atoms with Crippen LogP contribution < -0.4 is 0 Å². The number of carboxylic acid groups (broad SMARTS) is 1. The number of carbonyl (C=O) groups is 2. The molecule has 1 N–H and O–H groups in total. The van der Waals surface area contributed by atoms with Gasteiger partial charge in [-0.2, -0.15) is 0 Å². The lowest BCUT2D eigenvalue weighted by Gasteiger charge is -2.15. The number of aromatic carboxylic acids is 1. The molecule has 2 aromatic heterocycles. The Hall–Kier alpha value is -2.50. The summed E-state index contributed by atoms with van der Waals surface area (Å²) in [5.41, 5.74) is 0.630. The lowest BCUT2D eigenvalue weighted by molar-refractivity contribution is 0.0694. The van der Waals surface area contributed by atoms with Gasteiger partial charge < -0.3 is 18.8 Å². The maximum Gasteiger partial charge on any atom is 0.339 e. The van der Waals surface area contributed by atoms with Gasteiger partial charge in [0.1, 0.15) is 22.8 Å². The van der Waals surface area contributed by atoms with E-state index in [1.54, 1.807) is 20.0 Å². The third-order valence-electron chi connectivity index (χ3n) is 3.24. The van der Waals surface area contributed by atoms with Crippen LogP contribution in [0.1, 0.15) is 44.9 Å². The summed E-state index contributed by atoms with van der Waals surface area (Å²) in [6, 6.07) is 3.07. The Labute approximate surface area is 122 Å². The zero-order valence-corrected chi connectivity index (χ0v) is 12.2. The number of nitrogens with zero attached hydrogens (tertiary/aromatic N) is 1. The van der Waals surface area contributed by atoms with Gasteiger partial charge in [-0.15, -0.1) is 0 Å². The topological polar surface area (TPSA) is 83.9 Å². The summed E-state index contributed by atoms with van der Waals surface area (Å²) in [6.07, 6.45) is 2.12. The average molecular weight is 291 g/mol. The van der Waals surface area contributed by atoms with Crippen molar-refractivity contribution in [2.24, 2.45) is 0 Å². The molecule has 0 bridgehead atoms. The second-order valence-electron chi connectivity index (χ2n) is 4.76. The van der Waals surface area contributed by atoms with Crippen molar-refractivity contribution < 1.29 is 23.5 Å². The molecule has 21 heavy (non-hydrogen) atoms. The van der Waals surface area contributed by atoms with E-state index < -0.39 is 5.97 Å². The summed E-state index contributed by atoms with van der Waals surface area (Å²) < 4.78 is 10.6. The standard InChI is InChI=1S/C15H17NO5/c1-4-13-11(5-6-20-13)14(17)16(3)8-10-7-12(15(18)19)9(2)21-10/h5-7H,4,8H2,1-3H3,(H,18,19). The van der Waals surface area contributed by atoms with Gasteiger partial charge in [0, 0.05) is 13.5 Å². The largest absolute Gasteiger partial charge is 0.478 e. The molecule has 112 valence electrons. The minimum Gasteiger partial charge on any atom is -0.478 e. The van der Waals surface area contributed by atoms with E-state index in [2.05, 4.69) is 0 Å². The van der Waals surface area contributed by atoms with Crippen LogP contribution in [0.2, 0.25) is 0 Å². The number of hydrogen-bond donors (Lipinski definition) is 1. The second-order valence-corrected chi connectivity index (χ2v) is 4.76. The molecule has 0 aliphatic heterocycles. The molecule has 0 fully saturated rings. The van der Waals surface area contributed by atoms with Crippen LogP contribution in [0, 0.1) is 6.92 Å². The molecule has 0 saturated heterocycles. The van der Waals surface area contributed by atoms with E-state index in [0.717, 1.165) is 0 Å². The molecular weight excluding hydrogens is 274 g/mol. The van der Waals surface area contributed by atoms with Crippen molar-refractivity contribution in [3.63, 3.8) is 0 Å². The predicted molar refractivity (Wildman–Crippen MR) is 74.3 cm³/mol. The summed E-state index contributed by atoms with van der Waals surface area (Å²) in [5, 5.41) is 8.99. The van der Waals surface area contributed by atoms with Crippen molar-refractivity contribution in [3.05, 3.63) is 46.8 Å². The third kappa shape index (κ3) is 2.99. The first-order chi connectivity index (χ1) is 9.93. The fourth-order valence-electron chi connectivity index (χ4n) is 2.15. The van der Waals surface area contributed by atoms with Crippen molar-refractivity contribution in [3.8, 4) is 0 Å². The third-order valence-corrected chi connectivity index (χ3v) is 3.24. The molecule has 0 radical (unpaired) electrons. The quantitative estimate of drug-likeness (QED) is 0.915. The first kappa shape index (κ1) is 14.9. The molecule has 0 saturated carbocycles. The molecular formula is C15H17NO5. The lowest BCUT2D eigenvalue weighted by atomic mass is 10.2. The van der Waals surface area contributed by atoms with Crippen LogP contribution in [0.5, 0.6) is 0 Å². The molecule has 2 aromatic rings. The van der Waals surface area contributed by atoms with Crippen molar-refractivity contribution in [2.45, 2.75) is 26.8 Å². The van der Waals surface area contributed by atoms with Crippen LogP contribution in [0.4, 0.5) is 0 Å². The van der Waals surface area contributed by atoms with E-state index >= 15 is 0 Å². The van der Waals surface area contributed by atoms with E-state index in [-0.39, 0.29) is 18.0 Å².